The maximum Gasteiger partial charge on any atom is 0.119 e. The van der Waals surface area contributed by atoms with Gasteiger partial charge in [-0.3, -0.25) is 0 Å². The smallest absolute Gasteiger partial charge is 0.119 e. The van der Waals surface area contributed by atoms with Gasteiger partial charge in [-0.05, 0) is 23.6 Å². The third-order valence-electron chi connectivity index (χ3n) is 3.02. The summed E-state index contributed by atoms with van der Waals surface area (Å²) < 4.78 is 11.0. The Morgan fingerprint density at radius 3 is 2.57 bits per heavy atom. The molecule has 0 unspecified atom stereocenters. The van der Waals surface area contributed by atoms with Crippen molar-refractivity contribution < 1.29 is 14.6 Å². The first-order chi connectivity index (χ1) is 10.1. The topological polar surface area (TPSA) is 50.7 Å². The quantitative estimate of drug-likeness (QED) is 0.486. The molecule has 4 heteroatoms. The van der Waals surface area contributed by atoms with Crippen LogP contribution in [0.4, 0.5) is 0 Å². The molecule has 0 saturated heterocycles. The Morgan fingerprint density at radius 1 is 1.24 bits per heavy atom. The van der Waals surface area contributed by atoms with Gasteiger partial charge in [-0.25, -0.2) is 0 Å². The lowest BCUT2D eigenvalue weighted by atomic mass is 10.0. The first-order valence-corrected chi connectivity index (χ1v) is 7.43. The number of nitrogens with one attached hydrogen (secondary N) is 1. The van der Waals surface area contributed by atoms with Gasteiger partial charge in [0, 0.05) is 13.1 Å². The molecule has 1 aromatic rings. The van der Waals surface area contributed by atoms with E-state index in [0.29, 0.717) is 38.8 Å². The van der Waals surface area contributed by atoms with Crippen molar-refractivity contribution in [3.8, 4) is 5.75 Å². The molecule has 21 heavy (non-hydrogen) atoms. The van der Waals surface area contributed by atoms with Gasteiger partial charge in [-0.15, -0.1) is 6.58 Å². The van der Waals surface area contributed by atoms with E-state index in [1.807, 2.05) is 12.1 Å². The Morgan fingerprint density at radius 2 is 1.95 bits per heavy atom. The van der Waals surface area contributed by atoms with Crippen molar-refractivity contribution in [2.45, 2.75) is 25.9 Å². The fourth-order valence-electron chi connectivity index (χ4n) is 1.80. The molecule has 118 valence electrons. The van der Waals surface area contributed by atoms with E-state index in [4.69, 9.17) is 9.47 Å². The van der Waals surface area contributed by atoms with Gasteiger partial charge in [0.2, 0.25) is 0 Å². The summed E-state index contributed by atoms with van der Waals surface area (Å²) >= 11 is 0. The third-order valence-corrected chi connectivity index (χ3v) is 3.02. The van der Waals surface area contributed by atoms with Crippen LogP contribution in [0.15, 0.2) is 36.9 Å². The third kappa shape index (κ3) is 7.85. The van der Waals surface area contributed by atoms with Crippen molar-refractivity contribution in [2.75, 3.05) is 32.9 Å². The molecule has 2 N–H and O–H groups in total. The van der Waals surface area contributed by atoms with E-state index in [9.17, 15) is 5.11 Å². The summed E-state index contributed by atoms with van der Waals surface area (Å²) in [7, 11) is 0. The van der Waals surface area contributed by atoms with Crippen molar-refractivity contribution in [2.24, 2.45) is 0 Å². The lowest BCUT2D eigenvalue weighted by Crippen LogP contribution is -2.30. The van der Waals surface area contributed by atoms with Crippen LogP contribution in [0.25, 0.3) is 0 Å². The van der Waals surface area contributed by atoms with E-state index in [2.05, 4.69) is 37.9 Å². The second-order valence-electron chi connectivity index (χ2n) is 5.25. The van der Waals surface area contributed by atoms with Crippen LogP contribution in [0.1, 0.15) is 25.3 Å². The highest BCUT2D eigenvalue weighted by Gasteiger charge is 2.03. The maximum atomic E-state index is 9.61. The summed E-state index contributed by atoms with van der Waals surface area (Å²) in [4.78, 5) is 0. The number of hydrogen-bond donors (Lipinski definition) is 2. The fourth-order valence-corrected chi connectivity index (χ4v) is 1.80. The van der Waals surface area contributed by atoms with Gasteiger partial charge >= 0.3 is 0 Å². The van der Waals surface area contributed by atoms with Gasteiger partial charge in [0.15, 0.2) is 0 Å². The number of rotatable bonds is 11. The largest absolute Gasteiger partial charge is 0.491 e. The standard InChI is InChI=1S/C17H27NO3/c1-4-9-18-12-16(19)13-20-10-11-21-17-7-5-15(6-8-17)14(2)3/h4-8,14,16,18-19H,1,9-13H2,2-3H3/t16-/m1/s1. The highest BCUT2D eigenvalue weighted by molar-refractivity contribution is 5.28. The van der Waals surface area contributed by atoms with Crippen molar-refractivity contribution in [3.05, 3.63) is 42.5 Å². The second-order valence-corrected chi connectivity index (χ2v) is 5.25. The molecule has 1 atom stereocenters. The van der Waals surface area contributed by atoms with Crippen LogP contribution in [-0.4, -0.2) is 44.1 Å². The molecule has 0 saturated carbocycles. The van der Waals surface area contributed by atoms with E-state index in [1.54, 1.807) is 6.08 Å². The molecule has 0 spiro atoms. The Hall–Kier alpha value is -1.36. The zero-order chi connectivity index (χ0) is 15.5. The van der Waals surface area contributed by atoms with E-state index >= 15 is 0 Å². The molecule has 0 aliphatic heterocycles. The number of aliphatic hydroxyl groups is 1. The lowest BCUT2D eigenvalue weighted by molar-refractivity contribution is 0.0255. The number of ether oxygens (including phenoxy) is 2. The van der Waals surface area contributed by atoms with Gasteiger partial charge in [-0.2, -0.15) is 0 Å². The predicted octanol–water partition coefficient (Wildman–Crippen LogP) is 2.34. The van der Waals surface area contributed by atoms with Crippen LogP contribution in [-0.2, 0) is 4.74 Å². The van der Waals surface area contributed by atoms with Crippen LogP contribution >= 0.6 is 0 Å². The molecule has 0 amide bonds. The molecule has 1 rings (SSSR count). The van der Waals surface area contributed by atoms with Gasteiger partial charge in [0.1, 0.15) is 12.4 Å². The van der Waals surface area contributed by atoms with Gasteiger partial charge in [-0.1, -0.05) is 32.1 Å². The molecular formula is C17H27NO3. The first-order valence-electron chi connectivity index (χ1n) is 7.43. The Kier molecular flexibility index (Phi) is 8.74. The molecule has 4 nitrogen and oxygen atoms in total. The normalized spacial score (nSPS) is 12.4. The van der Waals surface area contributed by atoms with Crippen molar-refractivity contribution in [1.29, 1.82) is 0 Å². The van der Waals surface area contributed by atoms with E-state index in [0.717, 1.165) is 5.75 Å². The zero-order valence-corrected chi connectivity index (χ0v) is 13.0. The Labute approximate surface area is 127 Å². The minimum atomic E-state index is -0.504. The number of hydrogen-bond acceptors (Lipinski definition) is 4. The summed E-state index contributed by atoms with van der Waals surface area (Å²) in [5.41, 5.74) is 1.30. The molecule has 0 heterocycles. The summed E-state index contributed by atoms with van der Waals surface area (Å²) in [5.74, 6) is 1.37. The monoisotopic (exact) mass is 293 g/mol. The van der Waals surface area contributed by atoms with Crippen molar-refractivity contribution >= 4 is 0 Å². The molecule has 0 radical (unpaired) electrons. The molecule has 0 fully saturated rings. The highest BCUT2D eigenvalue weighted by atomic mass is 16.5. The van der Waals surface area contributed by atoms with Crippen molar-refractivity contribution in [3.63, 3.8) is 0 Å². The van der Waals surface area contributed by atoms with Crippen LogP contribution < -0.4 is 10.1 Å². The molecule has 0 bridgehead atoms. The second kappa shape index (κ2) is 10.4. The van der Waals surface area contributed by atoms with Crippen LogP contribution in [0.3, 0.4) is 0 Å². The highest BCUT2D eigenvalue weighted by Crippen LogP contribution is 2.18. The summed E-state index contributed by atoms with van der Waals surface area (Å²) in [6.45, 7) is 10.4. The van der Waals surface area contributed by atoms with Crippen molar-refractivity contribution in [1.82, 2.24) is 5.32 Å². The van der Waals surface area contributed by atoms with Crippen LogP contribution in [0.2, 0.25) is 0 Å². The minimum Gasteiger partial charge on any atom is -0.491 e. The summed E-state index contributed by atoms with van der Waals surface area (Å²) in [6.07, 6.45) is 1.25. The zero-order valence-electron chi connectivity index (χ0n) is 13.0. The number of benzene rings is 1. The average Bonchev–Trinajstić information content (AvgIpc) is 2.47. The SMILES string of the molecule is C=CCNC[C@@H](O)COCCOc1ccc(C(C)C)cc1. The Bertz CT molecular complexity index is 390. The molecule has 1 aromatic carbocycles. The van der Waals surface area contributed by atoms with E-state index in [-0.39, 0.29) is 0 Å². The van der Waals surface area contributed by atoms with Gasteiger partial charge in [0.05, 0.1) is 19.3 Å². The molecular weight excluding hydrogens is 266 g/mol. The fraction of sp³-hybridized carbons (Fsp3) is 0.529. The van der Waals surface area contributed by atoms with Gasteiger partial charge in [0.25, 0.3) is 0 Å². The molecule has 0 aromatic heterocycles. The number of aliphatic hydroxyl groups excluding tert-OH is 1. The average molecular weight is 293 g/mol. The van der Waals surface area contributed by atoms with Crippen LogP contribution in [0.5, 0.6) is 5.75 Å². The van der Waals surface area contributed by atoms with Gasteiger partial charge < -0.3 is 19.9 Å². The van der Waals surface area contributed by atoms with Crippen LogP contribution in [0, 0.1) is 0 Å². The maximum absolute atomic E-state index is 9.61. The summed E-state index contributed by atoms with van der Waals surface area (Å²) in [6, 6.07) is 8.11. The predicted molar refractivity (Wildman–Crippen MR) is 85.9 cm³/mol. The van der Waals surface area contributed by atoms with E-state index in [1.165, 1.54) is 5.56 Å². The minimum absolute atomic E-state index is 0.305. The van der Waals surface area contributed by atoms with E-state index < -0.39 is 6.10 Å². The Balaban J connectivity index is 2.09. The lowest BCUT2D eigenvalue weighted by Gasteiger charge is -2.12. The molecule has 0 aliphatic carbocycles. The summed E-state index contributed by atoms with van der Waals surface area (Å²) in [5, 5.41) is 12.6. The first kappa shape index (κ1) is 17.7. The molecule has 0 aliphatic rings.